The summed E-state index contributed by atoms with van der Waals surface area (Å²) in [5.74, 6) is -0.855. The minimum atomic E-state index is -0.437. The highest BCUT2D eigenvalue weighted by molar-refractivity contribution is 6.22. The highest BCUT2D eigenvalue weighted by Crippen LogP contribution is 2.23. The second-order valence-corrected chi connectivity index (χ2v) is 7.57. The average Bonchev–Trinajstić information content (AvgIpc) is 3.04. The maximum atomic E-state index is 12.7. The molecule has 4 rings (SSSR count). The topological polar surface area (TPSA) is 96.0 Å². The molecule has 1 N–H and O–H groups in total. The summed E-state index contributed by atoms with van der Waals surface area (Å²) in [5, 5.41) is 2.99. The van der Waals surface area contributed by atoms with Crippen LogP contribution in [0.1, 0.15) is 43.9 Å². The Balaban J connectivity index is 1.31. The molecule has 1 fully saturated rings. The van der Waals surface area contributed by atoms with Crippen molar-refractivity contribution in [3.63, 3.8) is 0 Å². The van der Waals surface area contributed by atoms with Gasteiger partial charge in [-0.2, -0.15) is 0 Å². The summed E-state index contributed by atoms with van der Waals surface area (Å²) < 4.78 is 5.23. The Morgan fingerprint density at radius 1 is 0.968 bits per heavy atom. The van der Waals surface area contributed by atoms with Gasteiger partial charge in [0.05, 0.1) is 23.8 Å². The molecule has 2 aromatic carbocycles. The molecule has 2 aliphatic heterocycles. The predicted molar refractivity (Wildman–Crippen MR) is 112 cm³/mol. The van der Waals surface area contributed by atoms with Crippen molar-refractivity contribution in [2.75, 3.05) is 26.7 Å². The molecule has 160 valence electrons. The standard InChI is InChI=1S/C23H23N3O5/c1-31-19-9-5-4-8-18(19)21(28)24-15-10-12-25(13-11-15)20(27)14-26-22(29)16-6-2-3-7-17(16)23(26)30/h2-9,15H,10-14H2,1H3,(H,24,28). The Bertz CT molecular complexity index is 1010. The van der Waals surface area contributed by atoms with Crippen LogP contribution in [-0.4, -0.2) is 66.2 Å². The van der Waals surface area contributed by atoms with E-state index in [4.69, 9.17) is 4.74 Å². The molecular formula is C23H23N3O5. The number of rotatable bonds is 5. The van der Waals surface area contributed by atoms with Crippen LogP contribution in [0.4, 0.5) is 0 Å². The van der Waals surface area contributed by atoms with Crippen LogP contribution in [0.3, 0.4) is 0 Å². The van der Waals surface area contributed by atoms with Gasteiger partial charge >= 0.3 is 0 Å². The zero-order valence-corrected chi connectivity index (χ0v) is 17.2. The first-order valence-electron chi connectivity index (χ1n) is 10.2. The largest absolute Gasteiger partial charge is 0.496 e. The van der Waals surface area contributed by atoms with Crippen LogP contribution in [0.2, 0.25) is 0 Å². The number of fused-ring (bicyclic) bond motifs is 1. The highest BCUT2D eigenvalue weighted by atomic mass is 16.5. The number of nitrogens with one attached hydrogen (secondary N) is 1. The fourth-order valence-electron chi connectivity index (χ4n) is 3.99. The highest BCUT2D eigenvalue weighted by Gasteiger charge is 2.37. The third-order valence-electron chi connectivity index (χ3n) is 5.71. The molecule has 0 aliphatic carbocycles. The lowest BCUT2D eigenvalue weighted by molar-refractivity contribution is -0.132. The van der Waals surface area contributed by atoms with E-state index in [1.54, 1.807) is 53.4 Å². The Labute approximate surface area is 179 Å². The van der Waals surface area contributed by atoms with Crippen LogP contribution in [0.15, 0.2) is 48.5 Å². The van der Waals surface area contributed by atoms with E-state index in [0.29, 0.717) is 48.4 Å². The summed E-state index contributed by atoms with van der Waals surface area (Å²) in [6, 6.07) is 13.5. The average molecular weight is 421 g/mol. The number of nitrogens with zero attached hydrogens (tertiary/aromatic N) is 2. The normalized spacial score (nSPS) is 16.3. The van der Waals surface area contributed by atoms with Gasteiger partial charge in [0.2, 0.25) is 5.91 Å². The van der Waals surface area contributed by atoms with Gasteiger partial charge in [-0.25, -0.2) is 0 Å². The molecule has 0 bridgehead atoms. The smallest absolute Gasteiger partial charge is 0.262 e. The fourth-order valence-corrected chi connectivity index (χ4v) is 3.99. The second kappa shape index (κ2) is 8.59. The zero-order valence-electron chi connectivity index (χ0n) is 17.2. The molecule has 31 heavy (non-hydrogen) atoms. The molecule has 4 amide bonds. The number of hydrogen-bond acceptors (Lipinski definition) is 5. The lowest BCUT2D eigenvalue weighted by Crippen LogP contribution is -2.49. The number of methoxy groups -OCH3 is 1. The molecule has 2 aromatic rings. The Morgan fingerprint density at radius 2 is 1.55 bits per heavy atom. The predicted octanol–water partition coefficient (Wildman–Crippen LogP) is 1.71. The van der Waals surface area contributed by atoms with E-state index in [1.165, 1.54) is 7.11 Å². The number of para-hydroxylation sites is 1. The molecule has 8 nitrogen and oxygen atoms in total. The first-order chi connectivity index (χ1) is 15.0. The first kappa shape index (κ1) is 20.6. The van der Waals surface area contributed by atoms with Gasteiger partial charge in [0, 0.05) is 19.1 Å². The van der Waals surface area contributed by atoms with Gasteiger partial charge in [-0.3, -0.25) is 24.1 Å². The van der Waals surface area contributed by atoms with E-state index in [0.717, 1.165) is 4.90 Å². The molecule has 0 atom stereocenters. The summed E-state index contributed by atoms with van der Waals surface area (Å²) >= 11 is 0. The number of piperidine rings is 1. The van der Waals surface area contributed by atoms with Gasteiger partial charge < -0.3 is 15.0 Å². The molecule has 0 spiro atoms. The van der Waals surface area contributed by atoms with Crippen molar-refractivity contribution in [1.29, 1.82) is 0 Å². The van der Waals surface area contributed by atoms with Crippen molar-refractivity contribution in [1.82, 2.24) is 15.1 Å². The van der Waals surface area contributed by atoms with E-state index < -0.39 is 11.8 Å². The van der Waals surface area contributed by atoms with Crippen LogP contribution in [0.5, 0.6) is 5.75 Å². The van der Waals surface area contributed by atoms with E-state index in [1.807, 2.05) is 0 Å². The summed E-state index contributed by atoms with van der Waals surface area (Å²) in [5.41, 5.74) is 1.13. The maximum Gasteiger partial charge on any atom is 0.262 e. The number of likely N-dealkylation sites (tertiary alicyclic amines) is 1. The second-order valence-electron chi connectivity index (χ2n) is 7.57. The Kier molecular flexibility index (Phi) is 5.70. The Hall–Kier alpha value is -3.68. The third-order valence-corrected chi connectivity index (χ3v) is 5.71. The lowest BCUT2D eigenvalue weighted by Gasteiger charge is -2.33. The van der Waals surface area contributed by atoms with Crippen LogP contribution in [0.25, 0.3) is 0 Å². The summed E-state index contributed by atoms with van der Waals surface area (Å²) in [6.45, 7) is 0.613. The molecular weight excluding hydrogens is 398 g/mol. The summed E-state index contributed by atoms with van der Waals surface area (Å²) in [4.78, 5) is 52.8. The molecule has 2 aliphatic rings. The van der Waals surface area contributed by atoms with Crippen molar-refractivity contribution in [2.24, 2.45) is 0 Å². The molecule has 2 heterocycles. The number of imide groups is 1. The van der Waals surface area contributed by atoms with Crippen LogP contribution in [0, 0.1) is 0 Å². The van der Waals surface area contributed by atoms with Crippen molar-refractivity contribution in [3.05, 3.63) is 65.2 Å². The zero-order chi connectivity index (χ0) is 22.0. The van der Waals surface area contributed by atoms with Gasteiger partial charge in [-0.1, -0.05) is 24.3 Å². The van der Waals surface area contributed by atoms with E-state index in [9.17, 15) is 19.2 Å². The number of carbonyl (C=O) groups is 4. The molecule has 1 saturated heterocycles. The number of hydrogen-bond donors (Lipinski definition) is 1. The monoisotopic (exact) mass is 421 g/mol. The first-order valence-corrected chi connectivity index (χ1v) is 10.2. The molecule has 0 unspecified atom stereocenters. The third kappa shape index (κ3) is 4.01. The SMILES string of the molecule is COc1ccccc1C(=O)NC1CCN(C(=O)CN2C(=O)c3ccccc3C2=O)CC1. The van der Waals surface area contributed by atoms with Gasteiger partial charge in [-0.05, 0) is 37.1 Å². The van der Waals surface area contributed by atoms with Gasteiger partial charge in [0.15, 0.2) is 0 Å². The van der Waals surface area contributed by atoms with Crippen LogP contribution in [-0.2, 0) is 4.79 Å². The number of benzene rings is 2. The van der Waals surface area contributed by atoms with Gasteiger partial charge in [0.1, 0.15) is 12.3 Å². The van der Waals surface area contributed by atoms with Gasteiger partial charge in [-0.15, -0.1) is 0 Å². The summed E-state index contributed by atoms with van der Waals surface area (Å²) in [6.07, 6.45) is 1.18. The number of ether oxygens (including phenoxy) is 1. The van der Waals surface area contributed by atoms with Crippen molar-refractivity contribution in [3.8, 4) is 5.75 Å². The van der Waals surface area contributed by atoms with Crippen molar-refractivity contribution in [2.45, 2.75) is 18.9 Å². The Morgan fingerprint density at radius 3 is 2.16 bits per heavy atom. The number of amides is 4. The lowest BCUT2D eigenvalue weighted by atomic mass is 10.0. The molecule has 8 heteroatoms. The molecule has 0 aromatic heterocycles. The molecule has 0 saturated carbocycles. The van der Waals surface area contributed by atoms with E-state index >= 15 is 0 Å². The van der Waals surface area contributed by atoms with Crippen molar-refractivity contribution >= 4 is 23.6 Å². The fraction of sp³-hybridized carbons (Fsp3) is 0.304. The van der Waals surface area contributed by atoms with E-state index in [-0.39, 0.29) is 24.4 Å². The van der Waals surface area contributed by atoms with Crippen LogP contribution < -0.4 is 10.1 Å². The maximum absolute atomic E-state index is 12.7. The van der Waals surface area contributed by atoms with Crippen molar-refractivity contribution < 1.29 is 23.9 Å². The molecule has 0 radical (unpaired) electrons. The van der Waals surface area contributed by atoms with Gasteiger partial charge in [0.25, 0.3) is 17.7 Å². The van der Waals surface area contributed by atoms with E-state index in [2.05, 4.69) is 5.32 Å². The quantitative estimate of drug-likeness (QED) is 0.742. The summed E-state index contributed by atoms with van der Waals surface area (Å²) in [7, 11) is 1.52. The minimum Gasteiger partial charge on any atom is -0.496 e. The van der Waals surface area contributed by atoms with Crippen LogP contribution >= 0.6 is 0 Å². The number of carbonyl (C=O) groups excluding carboxylic acids is 4. The minimum absolute atomic E-state index is 0.0687.